The van der Waals surface area contributed by atoms with Crippen LogP contribution in [0, 0.1) is 52.3 Å². The highest BCUT2D eigenvalue weighted by Gasteiger charge is 2.61. The summed E-state index contributed by atoms with van der Waals surface area (Å²) in [6.45, 7) is 14.3. The van der Waals surface area contributed by atoms with Gasteiger partial charge in [-0.3, -0.25) is 4.79 Å². The molecule has 168 valence electrons. The molecule has 2 nitrogen and oxygen atoms in total. The normalized spacial score (nSPS) is 45.7. The third-order valence-electron chi connectivity index (χ3n) is 10.4. The third kappa shape index (κ3) is 3.46. The maximum absolute atomic E-state index is 13.4. The van der Waals surface area contributed by atoms with E-state index in [4.69, 9.17) is 0 Å². The van der Waals surface area contributed by atoms with Crippen molar-refractivity contribution in [1.82, 2.24) is 0 Å². The highest BCUT2D eigenvalue weighted by atomic mass is 16.3. The summed E-state index contributed by atoms with van der Waals surface area (Å²) in [5, 5.41) is 10.2. The van der Waals surface area contributed by atoms with E-state index in [0.717, 1.165) is 12.8 Å². The molecule has 0 aromatic rings. The second-order valence-electron chi connectivity index (χ2n) is 12.2. The summed E-state index contributed by atoms with van der Waals surface area (Å²) in [7, 11) is 0. The molecule has 0 aliphatic heterocycles. The molecule has 4 aliphatic rings. The molecule has 0 aromatic carbocycles. The number of hydrogen-bond donors (Lipinski definition) is 1. The molecule has 0 aromatic heterocycles. The lowest BCUT2D eigenvalue weighted by molar-refractivity contribution is -0.134. The van der Waals surface area contributed by atoms with Crippen LogP contribution in [0.4, 0.5) is 0 Å². The van der Waals surface area contributed by atoms with Gasteiger partial charge in [0.1, 0.15) is 0 Å². The number of aliphatic hydroxyl groups excluding tert-OH is 1. The third-order valence-corrected chi connectivity index (χ3v) is 10.4. The smallest absolute Gasteiger partial charge is 0.159 e. The van der Waals surface area contributed by atoms with Crippen LogP contribution in [0.2, 0.25) is 0 Å². The molecule has 30 heavy (non-hydrogen) atoms. The Morgan fingerprint density at radius 1 is 1.00 bits per heavy atom. The molecular weight excluding hydrogens is 368 g/mol. The number of carbonyl (C=O) groups excluding carboxylic acids is 1. The van der Waals surface area contributed by atoms with Crippen LogP contribution in [0.15, 0.2) is 23.8 Å². The molecule has 0 spiro atoms. The van der Waals surface area contributed by atoms with Crippen molar-refractivity contribution < 1.29 is 9.90 Å². The van der Waals surface area contributed by atoms with Gasteiger partial charge in [0, 0.05) is 5.92 Å². The molecule has 2 heteroatoms. The Labute approximate surface area is 184 Å². The Balaban J connectivity index is 1.58. The molecule has 0 amide bonds. The topological polar surface area (TPSA) is 37.3 Å². The van der Waals surface area contributed by atoms with Crippen molar-refractivity contribution in [3.63, 3.8) is 0 Å². The van der Waals surface area contributed by atoms with Crippen molar-refractivity contribution in [3.05, 3.63) is 23.8 Å². The fourth-order valence-corrected chi connectivity index (χ4v) is 7.99. The predicted octanol–water partition coefficient (Wildman–Crippen LogP) is 6.59. The molecule has 0 bridgehead atoms. The molecule has 4 rings (SSSR count). The average Bonchev–Trinajstić information content (AvgIpc) is 3.04. The lowest BCUT2D eigenvalue weighted by Gasteiger charge is -2.57. The minimum absolute atomic E-state index is 0.134. The maximum Gasteiger partial charge on any atom is 0.159 e. The summed E-state index contributed by atoms with van der Waals surface area (Å²) in [5.41, 5.74) is 1.68. The van der Waals surface area contributed by atoms with E-state index in [1.165, 1.54) is 31.3 Å². The van der Waals surface area contributed by atoms with E-state index in [0.29, 0.717) is 47.7 Å². The lowest BCUT2D eigenvalue weighted by atomic mass is 9.46. The summed E-state index contributed by atoms with van der Waals surface area (Å²) in [5.74, 6) is 4.21. The number of fused-ring (bicyclic) bond motifs is 5. The lowest BCUT2D eigenvalue weighted by Crippen LogP contribution is -2.53. The number of allylic oxidation sites excluding steroid dienone is 3. The quantitative estimate of drug-likeness (QED) is 0.529. The van der Waals surface area contributed by atoms with Crippen LogP contribution >= 0.6 is 0 Å². The number of rotatable bonds is 4. The SMILES string of the molecule is CC(C)[C@@H](C)C=C[C@@H](C)[C@H]1CCC2C3C(=O)C=C4C[C@@H](O)CC[C@]4(C)C3CC[C@@]21C. The van der Waals surface area contributed by atoms with E-state index in [-0.39, 0.29) is 22.9 Å². The first-order valence-corrected chi connectivity index (χ1v) is 12.7. The molecule has 4 aliphatic carbocycles. The molecule has 3 unspecified atom stereocenters. The Kier molecular flexibility index (Phi) is 5.88. The Bertz CT molecular complexity index is 733. The van der Waals surface area contributed by atoms with Crippen LogP contribution in [-0.4, -0.2) is 17.0 Å². The molecule has 3 saturated carbocycles. The number of aliphatic hydroxyl groups is 1. The van der Waals surface area contributed by atoms with E-state index in [2.05, 4.69) is 53.7 Å². The van der Waals surface area contributed by atoms with Crippen LogP contribution in [0.1, 0.15) is 86.5 Å². The zero-order chi connectivity index (χ0) is 21.8. The van der Waals surface area contributed by atoms with Gasteiger partial charge in [0.25, 0.3) is 0 Å². The molecule has 0 heterocycles. The van der Waals surface area contributed by atoms with E-state index in [1.807, 2.05) is 6.08 Å². The second-order valence-corrected chi connectivity index (χ2v) is 12.2. The first-order valence-electron chi connectivity index (χ1n) is 12.7. The van der Waals surface area contributed by atoms with E-state index >= 15 is 0 Å². The summed E-state index contributed by atoms with van der Waals surface area (Å²) in [4.78, 5) is 13.4. The summed E-state index contributed by atoms with van der Waals surface area (Å²) in [6.07, 6.45) is 14.2. The number of carbonyl (C=O) groups is 1. The standard InChI is InChI=1S/C28H44O2/c1-17(2)18(3)7-8-19(4)22-9-10-23-26-24(12-14-28(22,23)6)27(5)13-11-21(29)15-20(27)16-25(26)30/h7-8,16-19,21-24,26,29H,9-15H2,1-6H3/t18-,19+,21-,22+,23?,24?,26?,27-,28+/m0/s1. The van der Waals surface area contributed by atoms with Crippen molar-refractivity contribution in [3.8, 4) is 0 Å². The van der Waals surface area contributed by atoms with Crippen molar-refractivity contribution in [1.29, 1.82) is 0 Å². The molecule has 0 radical (unpaired) electrons. The number of ketones is 1. The molecule has 1 N–H and O–H groups in total. The largest absolute Gasteiger partial charge is 0.393 e. The van der Waals surface area contributed by atoms with Gasteiger partial charge in [-0.05, 0) is 97.4 Å². The molecule has 0 saturated heterocycles. The minimum Gasteiger partial charge on any atom is -0.393 e. The van der Waals surface area contributed by atoms with Gasteiger partial charge in [-0.1, -0.05) is 59.3 Å². The monoisotopic (exact) mass is 412 g/mol. The summed E-state index contributed by atoms with van der Waals surface area (Å²) < 4.78 is 0. The van der Waals surface area contributed by atoms with Crippen LogP contribution in [0.5, 0.6) is 0 Å². The first kappa shape index (κ1) is 22.3. The van der Waals surface area contributed by atoms with Crippen molar-refractivity contribution in [2.45, 2.75) is 92.6 Å². The molecule has 9 atom stereocenters. The maximum atomic E-state index is 13.4. The second kappa shape index (κ2) is 7.91. The van der Waals surface area contributed by atoms with Crippen LogP contribution in [0.25, 0.3) is 0 Å². The summed E-state index contributed by atoms with van der Waals surface area (Å²) in [6, 6.07) is 0. The highest BCUT2D eigenvalue weighted by Crippen LogP contribution is 2.66. The van der Waals surface area contributed by atoms with Gasteiger partial charge in [-0.15, -0.1) is 0 Å². The predicted molar refractivity (Wildman–Crippen MR) is 124 cm³/mol. The van der Waals surface area contributed by atoms with Crippen LogP contribution < -0.4 is 0 Å². The van der Waals surface area contributed by atoms with Crippen molar-refractivity contribution >= 4 is 5.78 Å². The molecule has 3 fully saturated rings. The van der Waals surface area contributed by atoms with Crippen molar-refractivity contribution in [2.24, 2.45) is 52.3 Å². The molecular formula is C28H44O2. The zero-order valence-electron chi connectivity index (χ0n) is 20.2. The minimum atomic E-state index is -0.251. The zero-order valence-corrected chi connectivity index (χ0v) is 20.2. The van der Waals surface area contributed by atoms with Crippen LogP contribution in [-0.2, 0) is 4.79 Å². The Morgan fingerprint density at radius 2 is 1.73 bits per heavy atom. The van der Waals surface area contributed by atoms with Crippen LogP contribution in [0.3, 0.4) is 0 Å². The van der Waals surface area contributed by atoms with E-state index in [9.17, 15) is 9.90 Å². The Hall–Kier alpha value is -0.890. The average molecular weight is 413 g/mol. The first-order chi connectivity index (χ1) is 14.1. The van der Waals surface area contributed by atoms with Gasteiger partial charge in [-0.2, -0.15) is 0 Å². The van der Waals surface area contributed by atoms with Crippen molar-refractivity contribution in [2.75, 3.05) is 0 Å². The van der Waals surface area contributed by atoms with Gasteiger partial charge >= 0.3 is 0 Å². The van der Waals surface area contributed by atoms with Gasteiger partial charge in [0.15, 0.2) is 5.78 Å². The van der Waals surface area contributed by atoms with E-state index < -0.39 is 0 Å². The highest BCUT2D eigenvalue weighted by molar-refractivity contribution is 5.94. The van der Waals surface area contributed by atoms with Gasteiger partial charge in [-0.25, -0.2) is 0 Å². The summed E-state index contributed by atoms with van der Waals surface area (Å²) >= 11 is 0. The van der Waals surface area contributed by atoms with Gasteiger partial charge in [0.2, 0.25) is 0 Å². The van der Waals surface area contributed by atoms with E-state index in [1.54, 1.807) is 0 Å². The fraction of sp³-hybridized carbons (Fsp3) is 0.821. The number of hydrogen-bond acceptors (Lipinski definition) is 2. The fourth-order valence-electron chi connectivity index (χ4n) is 7.99. The van der Waals surface area contributed by atoms with Gasteiger partial charge < -0.3 is 5.11 Å². The Morgan fingerprint density at radius 3 is 2.43 bits per heavy atom. The van der Waals surface area contributed by atoms with Gasteiger partial charge in [0.05, 0.1) is 6.10 Å².